The highest BCUT2D eigenvalue weighted by Gasteiger charge is 2.32. The molecule has 2 N–H and O–H groups in total. The van der Waals surface area contributed by atoms with Crippen molar-refractivity contribution < 1.29 is 13.3 Å². The van der Waals surface area contributed by atoms with E-state index in [4.69, 9.17) is 5.73 Å². The van der Waals surface area contributed by atoms with Crippen molar-refractivity contribution in [2.75, 3.05) is 12.8 Å². The summed E-state index contributed by atoms with van der Waals surface area (Å²) in [5.41, 5.74) is 5.15. The van der Waals surface area contributed by atoms with Crippen LogP contribution >= 0.6 is 0 Å². The molecule has 0 aliphatic carbocycles. The molecule has 0 spiro atoms. The lowest BCUT2D eigenvalue weighted by Gasteiger charge is -2.25. The highest BCUT2D eigenvalue weighted by Crippen LogP contribution is 2.29. The number of nitrogens with two attached hydrogens (primary N) is 1. The molecule has 1 atom stereocenters. The standard InChI is InChI=1S/C13H21N3O4S/c1-9(2)7-10(3)15(4)21(19,20)13-6-5-11(14)8-12(13)16(17)18/h5-6,8-10H,7,14H2,1-4H3. The first-order chi connectivity index (χ1) is 9.57. The molecule has 118 valence electrons. The van der Waals surface area contributed by atoms with Gasteiger partial charge in [-0.05, 0) is 31.4 Å². The zero-order valence-corrected chi connectivity index (χ0v) is 13.4. The number of anilines is 1. The molecule has 0 heterocycles. The molecular formula is C13H21N3O4S. The lowest BCUT2D eigenvalue weighted by atomic mass is 10.1. The van der Waals surface area contributed by atoms with Gasteiger partial charge < -0.3 is 5.73 Å². The molecule has 1 unspecified atom stereocenters. The number of nitrogen functional groups attached to an aromatic ring is 1. The molecular weight excluding hydrogens is 294 g/mol. The Morgan fingerprint density at radius 1 is 1.33 bits per heavy atom. The largest absolute Gasteiger partial charge is 0.399 e. The molecule has 0 bridgehead atoms. The van der Waals surface area contributed by atoms with Crippen LogP contribution in [0.25, 0.3) is 0 Å². The summed E-state index contributed by atoms with van der Waals surface area (Å²) in [6.07, 6.45) is 0.665. The number of rotatable bonds is 6. The predicted octanol–water partition coefficient (Wildman–Crippen LogP) is 2.23. The number of hydrogen-bond donors (Lipinski definition) is 1. The molecule has 7 nitrogen and oxygen atoms in total. The fraction of sp³-hybridized carbons (Fsp3) is 0.538. The minimum absolute atomic E-state index is 0.151. The van der Waals surface area contributed by atoms with Crippen LogP contribution in [0.15, 0.2) is 23.1 Å². The van der Waals surface area contributed by atoms with E-state index < -0.39 is 20.6 Å². The average molecular weight is 315 g/mol. The van der Waals surface area contributed by atoms with Gasteiger partial charge in [0.2, 0.25) is 10.0 Å². The molecule has 1 aromatic carbocycles. The first kappa shape index (κ1) is 17.4. The maximum Gasteiger partial charge on any atom is 0.291 e. The van der Waals surface area contributed by atoms with E-state index in [9.17, 15) is 18.5 Å². The van der Waals surface area contributed by atoms with Gasteiger partial charge in [-0.2, -0.15) is 4.31 Å². The fourth-order valence-electron chi connectivity index (χ4n) is 2.12. The van der Waals surface area contributed by atoms with E-state index in [0.29, 0.717) is 12.3 Å². The van der Waals surface area contributed by atoms with Crippen molar-refractivity contribution in [3.8, 4) is 0 Å². The van der Waals surface area contributed by atoms with Gasteiger partial charge in [0.1, 0.15) is 0 Å². The smallest absolute Gasteiger partial charge is 0.291 e. The van der Waals surface area contributed by atoms with Gasteiger partial charge in [0.15, 0.2) is 4.90 Å². The molecule has 0 aliphatic heterocycles. The van der Waals surface area contributed by atoms with E-state index >= 15 is 0 Å². The summed E-state index contributed by atoms with van der Waals surface area (Å²) in [5, 5.41) is 11.1. The Bertz CT molecular complexity index is 628. The van der Waals surface area contributed by atoms with Crippen molar-refractivity contribution in [3.63, 3.8) is 0 Å². The zero-order chi connectivity index (χ0) is 16.4. The third-order valence-electron chi connectivity index (χ3n) is 3.27. The van der Waals surface area contributed by atoms with Crippen molar-refractivity contribution in [2.24, 2.45) is 5.92 Å². The van der Waals surface area contributed by atoms with E-state index in [1.54, 1.807) is 6.92 Å². The van der Waals surface area contributed by atoms with Crippen LogP contribution in [0.1, 0.15) is 27.2 Å². The number of sulfonamides is 1. The van der Waals surface area contributed by atoms with Crippen molar-refractivity contribution in [2.45, 2.75) is 38.1 Å². The van der Waals surface area contributed by atoms with Crippen molar-refractivity contribution in [1.82, 2.24) is 4.31 Å². The summed E-state index contributed by atoms with van der Waals surface area (Å²) < 4.78 is 26.3. The van der Waals surface area contributed by atoms with Gasteiger partial charge in [0, 0.05) is 24.8 Å². The van der Waals surface area contributed by atoms with Gasteiger partial charge >= 0.3 is 0 Å². The second-order valence-electron chi connectivity index (χ2n) is 5.48. The molecule has 21 heavy (non-hydrogen) atoms. The molecule has 8 heteroatoms. The van der Waals surface area contributed by atoms with Gasteiger partial charge in [0.05, 0.1) is 4.92 Å². The van der Waals surface area contributed by atoms with E-state index in [2.05, 4.69) is 0 Å². The van der Waals surface area contributed by atoms with Crippen LogP contribution in [0.4, 0.5) is 11.4 Å². The van der Waals surface area contributed by atoms with E-state index in [0.717, 1.165) is 6.07 Å². The normalized spacial score (nSPS) is 13.6. The van der Waals surface area contributed by atoms with Gasteiger partial charge in [-0.15, -0.1) is 0 Å². The molecule has 1 rings (SSSR count). The fourth-order valence-corrected chi connectivity index (χ4v) is 3.63. The minimum atomic E-state index is -3.94. The second-order valence-corrected chi connectivity index (χ2v) is 7.45. The summed E-state index contributed by atoms with van der Waals surface area (Å²) in [4.78, 5) is 9.99. The van der Waals surface area contributed by atoms with Crippen LogP contribution in [0.2, 0.25) is 0 Å². The van der Waals surface area contributed by atoms with E-state index in [1.807, 2.05) is 13.8 Å². The Labute approximate surface area is 124 Å². The molecule has 0 saturated carbocycles. The Hall–Kier alpha value is -1.67. The minimum Gasteiger partial charge on any atom is -0.399 e. The second kappa shape index (κ2) is 6.40. The third-order valence-corrected chi connectivity index (χ3v) is 5.29. The quantitative estimate of drug-likeness (QED) is 0.492. The topological polar surface area (TPSA) is 107 Å². The van der Waals surface area contributed by atoms with Gasteiger partial charge in [-0.3, -0.25) is 10.1 Å². The number of nitrogens with zero attached hydrogens (tertiary/aromatic N) is 2. The number of hydrogen-bond acceptors (Lipinski definition) is 5. The zero-order valence-electron chi connectivity index (χ0n) is 12.6. The van der Waals surface area contributed by atoms with Crippen molar-refractivity contribution in [1.29, 1.82) is 0 Å². The Morgan fingerprint density at radius 2 is 1.90 bits per heavy atom. The summed E-state index contributed by atoms with van der Waals surface area (Å²) in [6.45, 7) is 5.76. The van der Waals surface area contributed by atoms with Crippen LogP contribution in [-0.4, -0.2) is 30.7 Å². The molecule has 0 aliphatic rings. The van der Waals surface area contributed by atoms with Crippen LogP contribution in [0.5, 0.6) is 0 Å². The van der Waals surface area contributed by atoms with Crippen molar-refractivity contribution in [3.05, 3.63) is 28.3 Å². The van der Waals surface area contributed by atoms with Crippen molar-refractivity contribution >= 4 is 21.4 Å². The Morgan fingerprint density at radius 3 is 2.38 bits per heavy atom. The highest BCUT2D eigenvalue weighted by molar-refractivity contribution is 7.89. The van der Waals surface area contributed by atoms with Crippen LogP contribution < -0.4 is 5.73 Å². The monoisotopic (exact) mass is 315 g/mol. The molecule has 0 radical (unpaired) electrons. The lowest BCUT2D eigenvalue weighted by Crippen LogP contribution is -2.36. The maximum absolute atomic E-state index is 12.6. The molecule has 0 amide bonds. The van der Waals surface area contributed by atoms with Crippen LogP contribution in [0.3, 0.4) is 0 Å². The molecule has 1 aromatic rings. The lowest BCUT2D eigenvalue weighted by molar-refractivity contribution is -0.387. The number of benzene rings is 1. The first-order valence-electron chi connectivity index (χ1n) is 6.59. The highest BCUT2D eigenvalue weighted by atomic mass is 32.2. The molecule has 0 saturated heterocycles. The average Bonchev–Trinajstić information content (AvgIpc) is 2.36. The SMILES string of the molecule is CC(C)CC(C)N(C)S(=O)(=O)c1ccc(N)cc1[N+](=O)[O-]. The van der Waals surface area contributed by atoms with Gasteiger partial charge in [-0.1, -0.05) is 13.8 Å². The summed E-state index contributed by atoms with van der Waals surface area (Å²) in [6, 6.07) is 3.34. The van der Waals surface area contributed by atoms with Crippen LogP contribution in [0, 0.1) is 16.0 Å². The summed E-state index contributed by atoms with van der Waals surface area (Å²) in [7, 11) is -2.51. The van der Waals surface area contributed by atoms with E-state index in [-0.39, 0.29) is 16.6 Å². The maximum atomic E-state index is 12.6. The number of nitro benzene ring substituents is 1. The number of nitro groups is 1. The van der Waals surface area contributed by atoms with E-state index in [1.165, 1.54) is 23.5 Å². The van der Waals surface area contributed by atoms with Crippen LogP contribution in [-0.2, 0) is 10.0 Å². The molecule has 0 fully saturated rings. The van der Waals surface area contributed by atoms with Gasteiger partial charge in [-0.25, -0.2) is 8.42 Å². The summed E-state index contributed by atoms with van der Waals surface area (Å²) in [5.74, 6) is 0.319. The summed E-state index contributed by atoms with van der Waals surface area (Å²) >= 11 is 0. The molecule has 0 aromatic heterocycles. The third kappa shape index (κ3) is 3.92. The predicted molar refractivity (Wildman–Crippen MR) is 81.4 cm³/mol. The first-order valence-corrected chi connectivity index (χ1v) is 8.03. The Balaban J connectivity index is 3.28. The van der Waals surface area contributed by atoms with Gasteiger partial charge in [0.25, 0.3) is 5.69 Å². The Kier molecular flexibility index (Phi) is 5.30.